The standard InChI is InChI=1S/C11H25N3O/c1-8(2)9(12)10(15)13-7-11(3,4)14(5)6/h8-9H,7,12H2,1-6H3,(H,13,15)/t9-/m1/s1. The molecule has 0 aromatic rings. The number of rotatable bonds is 5. The summed E-state index contributed by atoms with van der Waals surface area (Å²) in [6, 6.07) is -0.414. The van der Waals surface area contributed by atoms with Gasteiger partial charge in [0.1, 0.15) is 0 Å². The van der Waals surface area contributed by atoms with Gasteiger partial charge < -0.3 is 16.0 Å². The molecule has 90 valence electrons. The summed E-state index contributed by atoms with van der Waals surface area (Å²) >= 11 is 0. The number of nitrogens with two attached hydrogens (primary N) is 1. The molecule has 3 N–H and O–H groups in total. The third-order valence-electron chi connectivity index (χ3n) is 2.93. The molecule has 1 atom stereocenters. The van der Waals surface area contributed by atoms with E-state index in [1.54, 1.807) is 0 Å². The Bertz CT molecular complexity index is 212. The molecular formula is C11H25N3O. The van der Waals surface area contributed by atoms with Crippen LogP contribution in [0.1, 0.15) is 27.7 Å². The number of likely N-dealkylation sites (N-methyl/N-ethyl adjacent to an activating group) is 1. The molecule has 0 spiro atoms. The molecule has 0 unspecified atom stereocenters. The van der Waals surface area contributed by atoms with Gasteiger partial charge in [0.2, 0.25) is 5.91 Å². The molecule has 0 saturated carbocycles. The van der Waals surface area contributed by atoms with Gasteiger partial charge in [0.15, 0.2) is 0 Å². The van der Waals surface area contributed by atoms with E-state index in [4.69, 9.17) is 5.73 Å². The fourth-order valence-electron chi connectivity index (χ4n) is 0.882. The molecule has 0 aromatic carbocycles. The van der Waals surface area contributed by atoms with E-state index < -0.39 is 6.04 Å². The SMILES string of the molecule is CC(C)[C@@H](N)C(=O)NCC(C)(C)N(C)C. The molecular weight excluding hydrogens is 190 g/mol. The molecule has 0 aliphatic carbocycles. The van der Waals surface area contributed by atoms with Crippen molar-refractivity contribution in [1.29, 1.82) is 0 Å². The van der Waals surface area contributed by atoms with Crippen LogP contribution in [0.5, 0.6) is 0 Å². The van der Waals surface area contributed by atoms with Crippen LogP contribution in [0.25, 0.3) is 0 Å². The monoisotopic (exact) mass is 215 g/mol. The number of hydrogen-bond acceptors (Lipinski definition) is 3. The Kier molecular flexibility index (Phi) is 5.24. The van der Waals surface area contributed by atoms with E-state index in [0.29, 0.717) is 6.54 Å². The number of hydrogen-bond donors (Lipinski definition) is 2. The highest BCUT2D eigenvalue weighted by molar-refractivity contribution is 5.81. The maximum Gasteiger partial charge on any atom is 0.237 e. The summed E-state index contributed by atoms with van der Waals surface area (Å²) in [7, 11) is 3.99. The van der Waals surface area contributed by atoms with E-state index in [1.165, 1.54) is 0 Å². The van der Waals surface area contributed by atoms with E-state index in [0.717, 1.165) is 0 Å². The van der Waals surface area contributed by atoms with Crippen molar-refractivity contribution in [2.45, 2.75) is 39.3 Å². The van der Waals surface area contributed by atoms with E-state index in [-0.39, 0.29) is 17.4 Å². The van der Waals surface area contributed by atoms with Crippen molar-refractivity contribution in [2.75, 3.05) is 20.6 Å². The highest BCUT2D eigenvalue weighted by Crippen LogP contribution is 2.08. The van der Waals surface area contributed by atoms with Gasteiger partial charge in [0, 0.05) is 12.1 Å². The molecule has 1 amide bonds. The summed E-state index contributed by atoms with van der Waals surface area (Å²) in [5.41, 5.74) is 5.69. The van der Waals surface area contributed by atoms with Crippen LogP contribution in [0.2, 0.25) is 0 Å². The number of amides is 1. The lowest BCUT2D eigenvalue weighted by Crippen LogP contribution is -2.52. The molecule has 0 aliphatic heterocycles. The summed E-state index contributed by atoms with van der Waals surface area (Å²) in [5.74, 6) is 0.104. The minimum Gasteiger partial charge on any atom is -0.353 e. The summed E-state index contributed by atoms with van der Waals surface area (Å²) < 4.78 is 0. The van der Waals surface area contributed by atoms with Gasteiger partial charge >= 0.3 is 0 Å². The topological polar surface area (TPSA) is 58.4 Å². The minimum absolute atomic E-state index is 0.0492. The molecule has 0 bridgehead atoms. The number of nitrogens with one attached hydrogen (secondary N) is 1. The Hall–Kier alpha value is -0.610. The van der Waals surface area contributed by atoms with Gasteiger partial charge in [-0.2, -0.15) is 0 Å². The van der Waals surface area contributed by atoms with Crippen LogP contribution < -0.4 is 11.1 Å². The molecule has 0 saturated heterocycles. The fraction of sp³-hybridized carbons (Fsp3) is 0.909. The van der Waals surface area contributed by atoms with E-state index >= 15 is 0 Å². The maximum atomic E-state index is 11.6. The molecule has 0 rings (SSSR count). The van der Waals surface area contributed by atoms with Gasteiger partial charge in [-0.05, 0) is 33.9 Å². The van der Waals surface area contributed by atoms with Crippen LogP contribution in [0.4, 0.5) is 0 Å². The minimum atomic E-state index is -0.414. The zero-order chi connectivity index (χ0) is 12.2. The normalized spacial score (nSPS) is 14.5. The van der Waals surface area contributed by atoms with E-state index in [2.05, 4.69) is 24.1 Å². The van der Waals surface area contributed by atoms with Crippen molar-refractivity contribution in [3.8, 4) is 0 Å². The van der Waals surface area contributed by atoms with E-state index in [9.17, 15) is 4.79 Å². The molecule has 4 heteroatoms. The summed E-state index contributed by atoms with van der Waals surface area (Å²) in [6.45, 7) is 8.66. The Morgan fingerprint density at radius 3 is 2.20 bits per heavy atom. The predicted octanol–water partition coefficient (Wildman–Crippen LogP) is 0.426. The van der Waals surface area contributed by atoms with Crippen LogP contribution in [-0.4, -0.2) is 43.0 Å². The second-order valence-corrected chi connectivity index (χ2v) is 5.19. The highest BCUT2D eigenvalue weighted by Gasteiger charge is 2.23. The first-order valence-electron chi connectivity index (χ1n) is 5.39. The molecule has 0 aromatic heterocycles. The van der Waals surface area contributed by atoms with Crippen LogP contribution in [0.15, 0.2) is 0 Å². The van der Waals surface area contributed by atoms with E-state index in [1.807, 2.05) is 27.9 Å². The van der Waals surface area contributed by atoms with Crippen molar-refractivity contribution in [3.05, 3.63) is 0 Å². The van der Waals surface area contributed by atoms with Crippen molar-refractivity contribution < 1.29 is 4.79 Å². The molecule has 15 heavy (non-hydrogen) atoms. The van der Waals surface area contributed by atoms with Crippen molar-refractivity contribution >= 4 is 5.91 Å². The van der Waals surface area contributed by atoms with Gasteiger partial charge in [-0.25, -0.2) is 0 Å². The van der Waals surface area contributed by atoms with Crippen LogP contribution in [-0.2, 0) is 4.79 Å². The molecule has 0 aliphatic rings. The molecule has 0 fully saturated rings. The van der Waals surface area contributed by atoms with Gasteiger partial charge in [-0.15, -0.1) is 0 Å². The summed E-state index contributed by atoms with van der Waals surface area (Å²) in [6.07, 6.45) is 0. The zero-order valence-electron chi connectivity index (χ0n) is 10.8. The predicted molar refractivity (Wildman–Crippen MR) is 63.6 cm³/mol. The quantitative estimate of drug-likeness (QED) is 0.699. The summed E-state index contributed by atoms with van der Waals surface area (Å²) in [5, 5.41) is 2.88. The van der Waals surface area contributed by atoms with Crippen LogP contribution in [0.3, 0.4) is 0 Å². The second-order valence-electron chi connectivity index (χ2n) is 5.19. The number of nitrogens with zero attached hydrogens (tertiary/aromatic N) is 1. The number of carbonyl (C=O) groups is 1. The average Bonchev–Trinajstić information content (AvgIpc) is 2.12. The smallest absolute Gasteiger partial charge is 0.237 e. The zero-order valence-corrected chi connectivity index (χ0v) is 10.8. The lowest BCUT2D eigenvalue weighted by atomic mass is 10.0. The molecule has 0 heterocycles. The largest absolute Gasteiger partial charge is 0.353 e. The molecule has 0 radical (unpaired) electrons. The first-order chi connectivity index (χ1) is 6.68. The van der Waals surface area contributed by atoms with Gasteiger partial charge in [-0.1, -0.05) is 13.8 Å². The Morgan fingerprint density at radius 1 is 1.40 bits per heavy atom. The first kappa shape index (κ1) is 14.4. The third-order valence-corrected chi connectivity index (χ3v) is 2.93. The van der Waals surface area contributed by atoms with Crippen molar-refractivity contribution in [1.82, 2.24) is 10.2 Å². The average molecular weight is 215 g/mol. The van der Waals surface area contributed by atoms with Crippen LogP contribution in [0, 0.1) is 5.92 Å². The van der Waals surface area contributed by atoms with Gasteiger partial charge in [0.05, 0.1) is 6.04 Å². The Labute approximate surface area is 93.2 Å². The number of carbonyl (C=O) groups excluding carboxylic acids is 1. The lowest BCUT2D eigenvalue weighted by molar-refractivity contribution is -0.123. The fourth-order valence-corrected chi connectivity index (χ4v) is 0.882. The highest BCUT2D eigenvalue weighted by atomic mass is 16.2. The van der Waals surface area contributed by atoms with Gasteiger partial charge in [0.25, 0.3) is 0 Å². The Morgan fingerprint density at radius 2 is 1.87 bits per heavy atom. The molecule has 4 nitrogen and oxygen atoms in total. The second kappa shape index (κ2) is 5.47. The van der Waals surface area contributed by atoms with Crippen LogP contribution >= 0.6 is 0 Å². The maximum absolute atomic E-state index is 11.6. The van der Waals surface area contributed by atoms with Crippen molar-refractivity contribution in [3.63, 3.8) is 0 Å². The summed E-state index contributed by atoms with van der Waals surface area (Å²) in [4.78, 5) is 13.7. The van der Waals surface area contributed by atoms with Gasteiger partial charge in [-0.3, -0.25) is 4.79 Å². The lowest BCUT2D eigenvalue weighted by Gasteiger charge is -2.33. The first-order valence-corrected chi connectivity index (χ1v) is 5.39. The van der Waals surface area contributed by atoms with Crippen molar-refractivity contribution in [2.24, 2.45) is 11.7 Å². The third kappa shape index (κ3) is 4.62. The Balaban J connectivity index is 4.12.